The molecule has 0 radical (unpaired) electrons. The van der Waals surface area contributed by atoms with Gasteiger partial charge in [0.15, 0.2) is 6.61 Å². The lowest BCUT2D eigenvalue weighted by Gasteiger charge is -2.27. The first-order chi connectivity index (χ1) is 9.06. The van der Waals surface area contributed by atoms with Crippen LogP contribution in [0.1, 0.15) is 39.0 Å². The van der Waals surface area contributed by atoms with Crippen LogP contribution in [0.5, 0.6) is 0 Å². The van der Waals surface area contributed by atoms with Crippen molar-refractivity contribution in [3.63, 3.8) is 0 Å². The van der Waals surface area contributed by atoms with Crippen molar-refractivity contribution in [1.29, 1.82) is 0 Å². The van der Waals surface area contributed by atoms with E-state index in [0.29, 0.717) is 5.06 Å². The maximum absolute atomic E-state index is 11.7. The van der Waals surface area contributed by atoms with Crippen molar-refractivity contribution in [2.24, 2.45) is 0 Å². The topological polar surface area (TPSA) is 72.9 Å². The molecule has 19 heavy (non-hydrogen) atoms. The van der Waals surface area contributed by atoms with Gasteiger partial charge >= 0.3 is 5.97 Å². The summed E-state index contributed by atoms with van der Waals surface area (Å²) in [5, 5.41) is 0.564. The van der Waals surface area contributed by atoms with Crippen LogP contribution in [-0.4, -0.2) is 35.1 Å². The van der Waals surface area contributed by atoms with Gasteiger partial charge in [0.05, 0.1) is 0 Å². The lowest BCUT2D eigenvalue weighted by Crippen LogP contribution is -2.36. The second-order valence-electron chi connectivity index (χ2n) is 4.80. The molecule has 1 heterocycles. The van der Waals surface area contributed by atoms with Crippen LogP contribution in [0.2, 0.25) is 0 Å². The van der Waals surface area contributed by atoms with Gasteiger partial charge in [-0.15, -0.1) is 5.06 Å². The third-order valence-electron chi connectivity index (χ3n) is 3.57. The summed E-state index contributed by atoms with van der Waals surface area (Å²) in [6, 6.07) is 0. The second-order valence-corrected chi connectivity index (χ2v) is 4.80. The minimum atomic E-state index is -0.580. The summed E-state index contributed by atoms with van der Waals surface area (Å²) in [6.45, 7) is 1.55. The van der Waals surface area contributed by atoms with Gasteiger partial charge in [-0.1, -0.05) is 6.92 Å². The Balaban J connectivity index is 1.82. The first kappa shape index (κ1) is 13.7. The molecule has 6 heteroatoms. The molecule has 1 aliphatic carbocycles. The van der Waals surface area contributed by atoms with Crippen LogP contribution >= 0.6 is 0 Å². The Labute approximate surface area is 111 Å². The lowest BCUT2D eigenvalue weighted by molar-refractivity contribution is -0.197. The van der Waals surface area contributed by atoms with E-state index in [9.17, 15) is 14.4 Å². The number of hydrogen-bond donors (Lipinski definition) is 0. The zero-order valence-electron chi connectivity index (χ0n) is 10.9. The van der Waals surface area contributed by atoms with Crippen LogP contribution in [-0.2, 0) is 24.0 Å². The van der Waals surface area contributed by atoms with E-state index in [-0.39, 0.29) is 0 Å². The molecule has 2 rings (SSSR count). The number of carbonyl (C=O) groups is 3. The van der Waals surface area contributed by atoms with E-state index in [0.717, 1.165) is 44.3 Å². The van der Waals surface area contributed by atoms with Crippen molar-refractivity contribution in [3.05, 3.63) is 12.2 Å². The van der Waals surface area contributed by atoms with Crippen molar-refractivity contribution in [1.82, 2.24) is 5.06 Å². The number of ether oxygens (including phenoxy) is 1. The molecular weight excluding hydrogens is 250 g/mol. The number of hydroxylamine groups is 2. The SMILES string of the molecule is CCC1(OC(=O)CON2C(=O)C=CC2=O)CCCC1. The Morgan fingerprint density at radius 2 is 1.84 bits per heavy atom. The molecule has 0 aromatic heterocycles. The number of imide groups is 1. The molecule has 104 valence electrons. The van der Waals surface area contributed by atoms with E-state index in [1.807, 2.05) is 6.92 Å². The zero-order chi connectivity index (χ0) is 13.9. The number of amides is 2. The average Bonchev–Trinajstić information content (AvgIpc) is 2.96. The molecule has 0 N–H and O–H groups in total. The number of hydrogen-bond acceptors (Lipinski definition) is 5. The smallest absolute Gasteiger partial charge is 0.335 e. The highest BCUT2D eigenvalue weighted by atomic mass is 16.7. The fourth-order valence-electron chi connectivity index (χ4n) is 2.45. The van der Waals surface area contributed by atoms with E-state index in [1.165, 1.54) is 0 Å². The van der Waals surface area contributed by atoms with Gasteiger partial charge in [0.1, 0.15) is 5.60 Å². The van der Waals surface area contributed by atoms with Gasteiger partial charge in [-0.3, -0.25) is 14.4 Å². The molecule has 1 saturated carbocycles. The predicted octanol–water partition coefficient (Wildman–Crippen LogP) is 1.11. The molecular formula is C13H17NO5. The molecule has 0 spiro atoms. The Bertz CT molecular complexity index is 405. The van der Waals surface area contributed by atoms with Crippen LogP contribution in [0.4, 0.5) is 0 Å². The molecule has 0 aromatic rings. The van der Waals surface area contributed by atoms with Gasteiger partial charge in [0.25, 0.3) is 11.8 Å². The van der Waals surface area contributed by atoms with Crippen LogP contribution in [0.15, 0.2) is 12.2 Å². The highest BCUT2D eigenvalue weighted by molar-refractivity contribution is 6.11. The van der Waals surface area contributed by atoms with E-state index in [4.69, 9.17) is 9.57 Å². The monoisotopic (exact) mass is 267 g/mol. The van der Waals surface area contributed by atoms with E-state index in [2.05, 4.69) is 0 Å². The van der Waals surface area contributed by atoms with Gasteiger partial charge in [0.2, 0.25) is 0 Å². The Kier molecular flexibility index (Phi) is 3.99. The number of esters is 1. The van der Waals surface area contributed by atoms with Gasteiger partial charge in [-0.05, 0) is 32.1 Å². The Hall–Kier alpha value is -1.69. The molecule has 1 fully saturated rings. The summed E-state index contributed by atoms with van der Waals surface area (Å²) in [5.41, 5.74) is -0.391. The van der Waals surface area contributed by atoms with Gasteiger partial charge in [-0.25, -0.2) is 4.79 Å². The highest BCUT2D eigenvalue weighted by Crippen LogP contribution is 2.35. The van der Waals surface area contributed by atoms with Crippen LogP contribution < -0.4 is 0 Å². The third-order valence-corrected chi connectivity index (χ3v) is 3.57. The normalized spacial score (nSPS) is 21.2. The number of rotatable bonds is 5. The molecule has 6 nitrogen and oxygen atoms in total. The zero-order valence-corrected chi connectivity index (χ0v) is 10.9. The standard InChI is InChI=1S/C13H17NO5/c1-2-13(7-3-4-8-13)19-12(17)9-18-14-10(15)5-6-11(14)16/h5-6H,2-4,7-9H2,1H3. The van der Waals surface area contributed by atoms with Gasteiger partial charge in [0, 0.05) is 12.2 Å². The van der Waals surface area contributed by atoms with Crippen LogP contribution in [0.25, 0.3) is 0 Å². The number of nitrogens with zero attached hydrogens (tertiary/aromatic N) is 1. The van der Waals surface area contributed by atoms with Crippen molar-refractivity contribution in [2.75, 3.05) is 6.61 Å². The fourth-order valence-corrected chi connectivity index (χ4v) is 2.45. The summed E-state index contributed by atoms with van der Waals surface area (Å²) in [6.07, 6.45) is 6.78. The maximum atomic E-state index is 11.7. The van der Waals surface area contributed by atoms with Crippen molar-refractivity contribution in [3.8, 4) is 0 Å². The molecule has 1 aliphatic heterocycles. The first-order valence-electron chi connectivity index (χ1n) is 6.47. The van der Waals surface area contributed by atoms with Gasteiger partial charge in [-0.2, -0.15) is 0 Å². The molecule has 0 atom stereocenters. The van der Waals surface area contributed by atoms with E-state index >= 15 is 0 Å². The van der Waals surface area contributed by atoms with E-state index < -0.39 is 30.0 Å². The predicted molar refractivity (Wildman–Crippen MR) is 64.5 cm³/mol. The van der Waals surface area contributed by atoms with Crippen LogP contribution in [0.3, 0.4) is 0 Å². The minimum Gasteiger partial charge on any atom is -0.457 e. The summed E-state index contributed by atoms with van der Waals surface area (Å²) in [4.78, 5) is 39.0. The Morgan fingerprint density at radius 3 is 2.37 bits per heavy atom. The molecule has 2 aliphatic rings. The quantitative estimate of drug-likeness (QED) is 0.551. The second kappa shape index (κ2) is 5.52. The lowest BCUT2D eigenvalue weighted by atomic mass is 9.99. The van der Waals surface area contributed by atoms with Crippen molar-refractivity contribution >= 4 is 17.8 Å². The third kappa shape index (κ3) is 3.01. The minimum absolute atomic E-state index is 0.391. The van der Waals surface area contributed by atoms with Gasteiger partial charge < -0.3 is 4.74 Å². The van der Waals surface area contributed by atoms with Crippen molar-refractivity contribution < 1.29 is 24.0 Å². The largest absolute Gasteiger partial charge is 0.457 e. The first-order valence-corrected chi connectivity index (χ1v) is 6.47. The van der Waals surface area contributed by atoms with Crippen LogP contribution in [0, 0.1) is 0 Å². The molecule has 0 saturated heterocycles. The van der Waals surface area contributed by atoms with Crippen molar-refractivity contribution in [2.45, 2.75) is 44.6 Å². The molecule has 2 amide bonds. The highest BCUT2D eigenvalue weighted by Gasteiger charge is 2.36. The summed E-state index contributed by atoms with van der Waals surface area (Å²) >= 11 is 0. The summed E-state index contributed by atoms with van der Waals surface area (Å²) in [7, 11) is 0. The average molecular weight is 267 g/mol. The Morgan fingerprint density at radius 1 is 1.26 bits per heavy atom. The fraction of sp³-hybridized carbons (Fsp3) is 0.615. The van der Waals surface area contributed by atoms with E-state index in [1.54, 1.807) is 0 Å². The molecule has 0 aromatic carbocycles. The summed E-state index contributed by atoms with van der Waals surface area (Å²) < 4.78 is 5.44. The number of carbonyl (C=O) groups excluding carboxylic acids is 3. The molecule has 0 unspecified atom stereocenters. The molecule has 0 bridgehead atoms. The summed E-state index contributed by atoms with van der Waals surface area (Å²) in [5.74, 6) is -1.70. The maximum Gasteiger partial charge on any atom is 0.335 e.